The van der Waals surface area contributed by atoms with Crippen molar-refractivity contribution in [3.05, 3.63) is 64.9 Å². The van der Waals surface area contributed by atoms with E-state index in [0.29, 0.717) is 13.0 Å². The van der Waals surface area contributed by atoms with Gasteiger partial charge in [-0.2, -0.15) is 0 Å². The fraction of sp³-hybridized carbons (Fsp3) is 0.458. The Bertz CT molecular complexity index is 815. The SMILES string of the molecule is C=CC1=C(C(=C)CCC)N(CCC(=N)N)c2ccc(Cl)cc2C12CCCCC2. The van der Waals surface area contributed by atoms with Crippen LogP contribution in [0.3, 0.4) is 0 Å². The van der Waals surface area contributed by atoms with Crippen LogP contribution in [0.5, 0.6) is 0 Å². The number of anilines is 1. The lowest BCUT2D eigenvalue weighted by atomic mass is 9.62. The Morgan fingerprint density at radius 3 is 2.61 bits per heavy atom. The summed E-state index contributed by atoms with van der Waals surface area (Å²) in [5.74, 6) is 0.203. The Balaban J connectivity index is 2.26. The molecule has 0 atom stereocenters. The number of nitrogens with two attached hydrogens (primary N) is 1. The predicted molar refractivity (Wildman–Crippen MR) is 121 cm³/mol. The third-order valence-corrected chi connectivity index (χ3v) is 6.44. The molecule has 0 aromatic heterocycles. The summed E-state index contributed by atoms with van der Waals surface area (Å²) >= 11 is 6.46. The van der Waals surface area contributed by atoms with Crippen LogP contribution in [0, 0.1) is 5.41 Å². The summed E-state index contributed by atoms with van der Waals surface area (Å²) in [6.45, 7) is 11.5. The van der Waals surface area contributed by atoms with Crippen LogP contribution in [0.4, 0.5) is 5.69 Å². The van der Waals surface area contributed by atoms with Gasteiger partial charge in [-0.05, 0) is 54.2 Å². The summed E-state index contributed by atoms with van der Waals surface area (Å²) < 4.78 is 0. The van der Waals surface area contributed by atoms with Gasteiger partial charge < -0.3 is 10.6 Å². The lowest BCUT2D eigenvalue weighted by molar-refractivity contribution is 0.339. The second-order valence-corrected chi connectivity index (χ2v) is 8.49. The quantitative estimate of drug-likeness (QED) is 0.408. The molecule has 28 heavy (non-hydrogen) atoms. The minimum Gasteiger partial charge on any atom is -0.388 e. The fourth-order valence-corrected chi connectivity index (χ4v) is 5.19. The van der Waals surface area contributed by atoms with E-state index in [9.17, 15) is 0 Å². The van der Waals surface area contributed by atoms with Crippen molar-refractivity contribution in [2.75, 3.05) is 11.4 Å². The topological polar surface area (TPSA) is 53.1 Å². The molecule has 1 fully saturated rings. The molecule has 150 valence electrons. The molecule has 3 N–H and O–H groups in total. The maximum atomic E-state index is 7.74. The Kier molecular flexibility index (Phi) is 6.34. The van der Waals surface area contributed by atoms with Crippen LogP contribution in [-0.4, -0.2) is 12.4 Å². The lowest BCUT2D eigenvalue weighted by Gasteiger charge is -2.49. The first-order valence-electron chi connectivity index (χ1n) is 10.4. The van der Waals surface area contributed by atoms with E-state index in [-0.39, 0.29) is 11.3 Å². The first-order valence-corrected chi connectivity index (χ1v) is 10.8. The van der Waals surface area contributed by atoms with E-state index in [1.54, 1.807) is 0 Å². The van der Waals surface area contributed by atoms with E-state index in [1.807, 2.05) is 12.1 Å². The third kappa shape index (κ3) is 3.65. The Morgan fingerprint density at radius 1 is 1.29 bits per heavy atom. The Labute approximate surface area is 174 Å². The molecule has 1 aromatic carbocycles. The second-order valence-electron chi connectivity index (χ2n) is 8.05. The van der Waals surface area contributed by atoms with Crippen molar-refractivity contribution in [1.29, 1.82) is 5.41 Å². The molecular formula is C24H32ClN3. The number of nitrogens with one attached hydrogen (secondary N) is 1. The molecule has 0 amide bonds. The summed E-state index contributed by atoms with van der Waals surface area (Å²) in [5.41, 5.74) is 11.8. The predicted octanol–water partition coefficient (Wildman–Crippen LogP) is 6.48. The Morgan fingerprint density at radius 2 is 2.00 bits per heavy atom. The number of hydrogen-bond acceptors (Lipinski definition) is 2. The highest BCUT2D eigenvalue weighted by atomic mass is 35.5. The molecule has 1 spiro atoms. The molecule has 0 saturated heterocycles. The molecular weight excluding hydrogens is 366 g/mol. The molecule has 0 unspecified atom stereocenters. The van der Waals surface area contributed by atoms with Crippen LogP contribution in [0.25, 0.3) is 0 Å². The molecule has 1 saturated carbocycles. The smallest absolute Gasteiger partial charge is 0.0923 e. The summed E-state index contributed by atoms with van der Waals surface area (Å²) in [4.78, 5) is 2.31. The largest absolute Gasteiger partial charge is 0.388 e. The van der Waals surface area contributed by atoms with E-state index in [4.69, 9.17) is 22.7 Å². The summed E-state index contributed by atoms with van der Waals surface area (Å²) in [6.07, 6.45) is 10.5. The van der Waals surface area contributed by atoms with Gasteiger partial charge in [0, 0.05) is 34.8 Å². The zero-order chi connectivity index (χ0) is 20.3. The van der Waals surface area contributed by atoms with Crippen molar-refractivity contribution < 1.29 is 0 Å². The van der Waals surface area contributed by atoms with Gasteiger partial charge in [-0.1, -0.05) is 63.4 Å². The van der Waals surface area contributed by atoms with Crippen LogP contribution in [-0.2, 0) is 5.41 Å². The first kappa shape index (κ1) is 20.7. The van der Waals surface area contributed by atoms with Crippen molar-refractivity contribution in [3.8, 4) is 0 Å². The van der Waals surface area contributed by atoms with Crippen LogP contribution < -0.4 is 10.6 Å². The molecule has 4 heteroatoms. The van der Waals surface area contributed by atoms with Gasteiger partial charge in [0.1, 0.15) is 0 Å². The monoisotopic (exact) mass is 397 g/mol. The van der Waals surface area contributed by atoms with Crippen molar-refractivity contribution >= 4 is 23.1 Å². The van der Waals surface area contributed by atoms with E-state index < -0.39 is 0 Å². The number of benzene rings is 1. The van der Waals surface area contributed by atoms with E-state index in [0.717, 1.165) is 36.3 Å². The summed E-state index contributed by atoms with van der Waals surface area (Å²) in [6, 6.07) is 6.25. The van der Waals surface area contributed by atoms with Gasteiger partial charge >= 0.3 is 0 Å². The molecule has 1 heterocycles. The zero-order valence-corrected chi connectivity index (χ0v) is 17.7. The standard InChI is InChI=1S/C24H32ClN3/c1-4-9-17(3)23-19(5-2)24(13-7-6-8-14-24)20-16-18(25)10-11-21(20)28(23)15-12-22(26)27/h5,10-11,16H,2-4,6-9,12-15H2,1H3,(H3,26,27). The van der Waals surface area contributed by atoms with Gasteiger partial charge in [0.05, 0.1) is 5.84 Å². The molecule has 1 aliphatic carbocycles. The normalized spacial score (nSPS) is 18.1. The van der Waals surface area contributed by atoms with Gasteiger partial charge in [-0.3, -0.25) is 5.41 Å². The molecule has 1 aliphatic heterocycles. The van der Waals surface area contributed by atoms with Crippen LogP contribution in [0.2, 0.25) is 5.02 Å². The maximum Gasteiger partial charge on any atom is 0.0923 e. The number of hydrogen-bond donors (Lipinski definition) is 2. The molecule has 3 nitrogen and oxygen atoms in total. The van der Waals surface area contributed by atoms with Gasteiger partial charge in [0.25, 0.3) is 0 Å². The second kappa shape index (κ2) is 8.57. The fourth-order valence-electron chi connectivity index (χ4n) is 5.02. The van der Waals surface area contributed by atoms with Crippen LogP contribution in [0.1, 0.15) is 63.9 Å². The van der Waals surface area contributed by atoms with E-state index in [1.165, 1.54) is 41.8 Å². The van der Waals surface area contributed by atoms with Gasteiger partial charge in [0.2, 0.25) is 0 Å². The van der Waals surface area contributed by atoms with Crippen molar-refractivity contribution in [2.45, 2.75) is 63.7 Å². The number of rotatable bonds is 7. The molecule has 2 aliphatic rings. The highest BCUT2D eigenvalue weighted by Gasteiger charge is 2.44. The van der Waals surface area contributed by atoms with Crippen LogP contribution >= 0.6 is 11.6 Å². The summed E-state index contributed by atoms with van der Waals surface area (Å²) in [7, 11) is 0. The number of amidine groups is 1. The highest BCUT2D eigenvalue weighted by Crippen LogP contribution is 2.55. The molecule has 3 rings (SSSR count). The van der Waals surface area contributed by atoms with Gasteiger partial charge in [0.15, 0.2) is 0 Å². The zero-order valence-electron chi connectivity index (χ0n) is 17.0. The van der Waals surface area contributed by atoms with Crippen molar-refractivity contribution in [1.82, 2.24) is 0 Å². The minimum atomic E-state index is -0.0427. The van der Waals surface area contributed by atoms with Gasteiger partial charge in [-0.25, -0.2) is 0 Å². The number of halogens is 1. The lowest BCUT2D eigenvalue weighted by Crippen LogP contribution is -2.42. The maximum absolute atomic E-state index is 7.74. The average molecular weight is 398 g/mol. The third-order valence-electron chi connectivity index (χ3n) is 6.21. The summed E-state index contributed by atoms with van der Waals surface area (Å²) in [5, 5.41) is 8.51. The van der Waals surface area contributed by atoms with E-state index in [2.05, 4.69) is 37.1 Å². The number of allylic oxidation sites excluding steroid dienone is 3. The van der Waals surface area contributed by atoms with Crippen molar-refractivity contribution in [2.24, 2.45) is 5.73 Å². The van der Waals surface area contributed by atoms with Gasteiger partial charge in [-0.15, -0.1) is 0 Å². The molecule has 0 radical (unpaired) electrons. The highest BCUT2D eigenvalue weighted by molar-refractivity contribution is 6.30. The van der Waals surface area contributed by atoms with Crippen molar-refractivity contribution in [3.63, 3.8) is 0 Å². The minimum absolute atomic E-state index is 0.0427. The van der Waals surface area contributed by atoms with E-state index >= 15 is 0 Å². The first-order chi connectivity index (χ1) is 13.4. The number of fused-ring (bicyclic) bond motifs is 2. The Hall–Kier alpha value is -2.00. The van der Waals surface area contributed by atoms with Crippen LogP contribution in [0.15, 0.2) is 54.3 Å². The molecule has 1 aromatic rings. The number of nitrogens with zero attached hydrogens (tertiary/aromatic N) is 1. The average Bonchev–Trinajstić information content (AvgIpc) is 2.68. The molecule has 0 bridgehead atoms.